The van der Waals surface area contributed by atoms with Crippen molar-refractivity contribution in [3.63, 3.8) is 0 Å². The summed E-state index contributed by atoms with van der Waals surface area (Å²) in [4.78, 5) is 15.1. The summed E-state index contributed by atoms with van der Waals surface area (Å²) in [6, 6.07) is 8.41. The number of benzene rings is 1. The Labute approximate surface area is 143 Å². The summed E-state index contributed by atoms with van der Waals surface area (Å²) < 4.78 is 0. The zero-order chi connectivity index (χ0) is 17.8. The van der Waals surface area contributed by atoms with Gasteiger partial charge in [0.15, 0.2) is 0 Å². The molecule has 1 aromatic carbocycles. The minimum atomic E-state index is -0.480. The number of pyridine rings is 1. The molecule has 0 unspecified atom stereocenters. The average Bonchev–Trinajstić information content (AvgIpc) is 3.02. The zero-order valence-electron chi connectivity index (χ0n) is 13.6. The fourth-order valence-corrected chi connectivity index (χ4v) is 2.45. The van der Waals surface area contributed by atoms with Crippen LogP contribution in [0.3, 0.4) is 0 Å². The van der Waals surface area contributed by atoms with Crippen LogP contribution in [0.25, 0.3) is 10.9 Å². The molecule has 25 heavy (non-hydrogen) atoms. The van der Waals surface area contributed by atoms with Gasteiger partial charge in [0.2, 0.25) is 5.82 Å². The summed E-state index contributed by atoms with van der Waals surface area (Å²) in [6.45, 7) is 1.95. The van der Waals surface area contributed by atoms with Crippen LogP contribution in [-0.2, 0) is 0 Å². The molecule has 0 aliphatic heterocycles. The summed E-state index contributed by atoms with van der Waals surface area (Å²) in [5.74, 6) is 0.646. The summed E-state index contributed by atoms with van der Waals surface area (Å²) in [5.41, 5.74) is 1.43. The van der Waals surface area contributed by atoms with E-state index in [2.05, 4.69) is 25.8 Å². The maximum atomic E-state index is 11.3. The van der Waals surface area contributed by atoms with Gasteiger partial charge in [0.25, 0.3) is 0 Å². The number of rotatable bonds is 7. The fraction of sp³-hybridized carbons (Fsp3) is 0.250. The number of aliphatic hydroxyl groups excluding tert-OH is 1. The normalized spacial score (nSPS) is 12.1. The van der Waals surface area contributed by atoms with Crippen LogP contribution in [-0.4, -0.2) is 37.9 Å². The molecule has 0 aliphatic rings. The van der Waals surface area contributed by atoms with Gasteiger partial charge in [0.1, 0.15) is 5.82 Å². The van der Waals surface area contributed by atoms with Gasteiger partial charge in [-0.1, -0.05) is 0 Å². The topological polar surface area (TPSA) is 129 Å². The predicted molar refractivity (Wildman–Crippen MR) is 95.1 cm³/mol. The lowest BCUT2D eigenvalue weighted by atomic mass is 10.2. The van der Waals surface area contributed by atoms with E-state index >= 15 is 0 Å². The number of aromatic amines is 1. The number of H-pyrrole nitrogens is 1. The van der Waals surface area contributed by atoms with E-state index in [-0.39, 0.29) is 24.2 Å². The molecule has 2 heterocycles. The highest BCUT2D eigenvalue weighted by Gasteiger charge is 2.17. The first-order valence-electron chi connectivity index (χ1n) is 7.80. The molecule has 0 amide bonds. The van der Waals surface area contributed by atoms with E-state index in [9.17, 15) is 10.1 Å². The third kappa shape index (κ3) is 3.83. The Bertz CT molecular complexity index is 894. The van der Waals surface area contributed by atoms with Gasteiger partial charge in [0.05, 0.1) is 16.6 Å². The minimum absolute atomic E-state index is 0.00548. The molecule has 3 rings (SSSR count). The number of aliphatic hydroxyl groups is 1. The van der Waals surface area contributed by atoms with Crippen molar-refractivity contribution in [2.24, 2.45) is 0 Å². The molecule has 4 N–H and O–H groups in total. The van der Waals surface area contributed by atoms with Crippen molar-refractivity contribution in [1.29, 1.82) is 0 Å². The Morgan fingerprint density at radius 3 is 2.96 bits per heavy atom. The van der Waals surface area contributed by atoms with E-state index in [0.717, 1.165) is 10.9 Å². The largest absolute Gasteiger partial charge is 0.396 e. The van der Waals surface area contributed by atoms with Gasteiger partial charge >= 0.3 is 5.69 Å². The molecule has 0 saturated carbocycles. The van der Waals surface area contributed by atoms with Crippen molar-refractivity contribution in [2.45, 2.75) is 19.4 Å². The Balaban J connectivity index is 1.89. The standard InChI is InChI=1S/C16H18N6O3/c1-10(6-7-23)18-15-5-4-14(22(24)25)16(20-15)19-12-2-3-13-11(8-12)9-17-21-13/h2-5,8-10,23H,6-7H2,1H3,(H,17,21)(H2,18,19,20)/t10-/m0/s1. The highest BCUT2D eigenvalue weighted by atomic mass is 16.6. The maximum Gasteiger partial charge on any atom is 0.311 e. The number of fused-ring (bicyclic) bond motifs is 1. The highest BCUT2D eigenvalue weighted by Crippen LogP contribution is 2.28. The van der Waals surface area contributed by atoms with Crippen LogP contribution >= 0.6 is 0 Å². The van der Waals surface area contributed by atoms with E-state index in [0.29, 0.717) is 17.9 Å². The van der Waals surface area contributed by atoms with E-state index in [4.69, 9.17) is 5.11 Å². The molecule has 0 aliphatic carbocycles. The van der Waals surface area contributed by atoms with Gasteiger partial charge < -0.3 is 15.7 Å². The Morgan fingerprint density at radius 1 is 1.36 bits per heavy atom. The quantitative estimate of drug-likeness (QED) is 0.384. The molecule has 0 saturated heterocycles. The van der Waals surface area contributed by atoms with Crippen molar-refractivity contribution >= 4 is 33.9 Å². The number of hydrogen-bond donors (Lipinski definition) is 4. The second-order valence-corrected chi connectivity index (χ2v) is 5.68. The third-order valence-corrected chi connectivity index (χ3v) is 3.73. The van der Waals surface area contributed by atoms with Crippen LogP contribution in [0.4, 0.5) is 23.0 Å². The second-order valence-electron chi connectivity index (χ2n) is 5.68. The number of aromatic nitrogens is 3. The Kier molecular flexibility index (Phi) is 4.75. The molecule has 1 atom stereocenters. The number of nitrogens with zero attached hydrogens (tertiary/aromatic N) is 3. The maximum absolute atomic E-state index is 11.3. The van der Waals surface area contributed by atoms with Crippen LogP contribution < -0.4 is 10.6 Å². The molecule has 0 fully saturated rings. The van der Waals surface area contributed by atoms with Crippen molar-refractivity contribution in [3.8, 4) is 0 Å². The highest BCUT2D eigenvalue weighted by molar-refractivity contribution is 5.83. The molecule has 130 valence electrons. The molecule has 0 radical (unpaired) electrons. The average molecular weight is 342 g/mol. The van der Waals surface area contributed by atoms with Gasteiger partial charge in [-0.3, -0.25) is 15.2 Å². The molecule has 2 aromatic heterocycles. The summed E-state index contributed by atoms with van der Waals surface area (Å²) >= 11 is 0. The number of nitro groups is 1. The van der Waals surface area contributed by atoms with Crippen molar-refractivity contribution in [2.75, 3.05) is 17.2 Å². The van der Waals surface area contributed by atoms with Crippen LogP contribution in [0, 0.1) is 10.1 Å². The third-order valence-electron chi connectivity index (χ3n) is 3.73. The lowest BCUT2D eigenvalue weighted by Gasteiger charge is -2.14. The molecule has 0 bridgehead atoms. The first-order valence-corrected chi connectivity index (χ1v) is 7.80. The first-order chi connectivity index (χ1) is 12.1. The Hall–Kier alpha value is -3.20. The van der Waals surface area contributed by atoms with Gasteiger partial charge in [-0.2, -0.15) is 5.10 Å². The monoisotopic (exact) mass is 342 g/mol. The molecule has 9 nitrogen and oxygen atoms in total. The van der Waals surface area contributed by atoms with Crippen molar-refractivity contribution in [1.82, 2.24) is 15.2 Å². The van der Waals surface area contributed by atoms with Gasteiger partial charge in [0, 0.05) is 29.8 Å². The summed E-state index contributed by atoms with van der Waals surface area (Å²) in [6.07, 6.45) is 2.23. The molecular weight excluding hydrogens is 324 g/mol. The number of nitrogens with one attached hydrogen (secondary N) is 3. The van der Waals surface area contributed by atoms with E-state index < -0.39 is 4.92 Å². The van der Waals surface area contributed by atoms with Crippen LogP contribution in [0.15, 0.2) is 36.5 Å². The molecule has 9 heteroatoms. The van der Waals surface area contributed by atoms with Gasteiger partial charge in [-0.05, 0) is 37.6 Å². The van der Waals surface area contributed by atoms with Crippen molar-refractivity contribution in [3.05, 3.63) is 46.6 Å². The first kappa shape index (κ1) is 16.7. The second kappa shape index (κ2) is 7.14. The van der Waals surface area contributed by atoms with Crippen LogP contribution in [0.2, 0.25) is 0 Å². The van der Waals surface area contributed by atoms with Crippen LogP contribution in [0.1, 0.15) is 13.3 Å². The fourth-order valence-electron chi connectivity index (χ4n) is 2.45. The number of hydrogen-bond acceptors (Lipinski definition) is 7. The molecular formula is C16H18N6O3. The summed E-state index contributed by atoms with van der Waals surface area (Å²) in [5, 5.41) is 34.1. The Morgan fingerprint density at radius 2 is 2.20 bits per heavy atom. The van der Waals surface area contributed by atoms with Gasteiger partial charge in [-0.15, -0.1) is 0 Å². The molecule has 0 spiro atoms. The van der Waals surface area contributed by atoms with E-state index in [1.165, 1.54) is 6.07 Å². The smallest absolute Gasteiger partial charge is 0.311 e. The van der Waals surface area contributed by atoms with Crippen LogP contribution in [0.5, 0.6) is 0 Å². The van der Waals surface area contributed by atoms with E-state index in [1.54, 1.807) is 18.3 Å². The molecule has 3 aromatic rings. The van der Waals surface area contributed by atoms with E-state index in [1.807, 2.05) is 19.1 Å². The SMILES string of the molecule is C[C@@H](CCO)Nc1ccc([N+](=O)[O-])c(Nc2ccc3[nH]ncc3c2)n1. The lowest BCUT2D eigenvalue weighted by molar-refractivity contribution is -0.384. The lowest BCUT2D eigenvalue weighted by Crippen LogP contribution is -2.17. The van der Waals surface area contributed by atoms with Crippen molar-refractivity contribution < 1.29 is 10.0 Å². The number of anilines is 3. The zero-order valence-corrected chi connectivity index (χ0v) is 13.6. The minimum Gasteiger partial charge on any atom is -0.396 e. The summed E-state index contributed by atoms with van der Waals surface area (Å²) in [7, 11) is 0. The predicted octanol–water partition coefficient (Wildman–Crippen LogP) is 2.79. The van der Waals surface area contributed by atoms with Gasteiger partial charge in [-0.25, -0.2) is 4.98 Å².